The number of halogens is 6. The zero-order chi connectivity index (χ0) is 28.5. The van der Waals surface area contributed by atoms with Crippen molar-refractivity contribution in [2.24, 2.45) is 0 Å². The number of benzene rings is 2. The maximum atomic E-state index is 13.3. The summed E-state index contributed by atoms with van der Waals surface area (Å²) in [6.45, 7) is 4.74. The fourth-order valence-corrected chi connectivity index (χ4v) is 4.31. The van der Waals surface area contributed by atoms with E-state index in [0.717, 1.165) is 17.2 Å². The van der Waals surface area contributed by atoms with Crippen LogP contribution in [0.4, 0.5) is 31.1 Å². The molecule has 0 N–H and O–H groups in total. The molecule has 0 saturated carbocycles. The first-order valence-corrected chi connectivity index (χ1v) is 11.7. The number of carbonyl (C=O) groups is 2. The van der Waals surface area contributed by atoms with Crippen LogP contribution in [0, 0.1) is 0 Å². The molecule has 2 aromatic carbocycles. The number of carbonyl (C=O) groups excluding carboxylic acids is 2. The van der Waals surface area contributed by atoms with Crippen molar-refractivity contribution in [3.8, 4) is 0 Å². The first kappa shape index (κ1) is 29.1. The molecule has 0 aliphatic heterocycles. The van der Waals surface area contributed by atoms with Crippen LogP contribution in [0.1, 0.15) is 66.6 Å². The molecule has 0 spiro atoms. The molecule has 0 bridgehead atoms. The average Bonchev–Trinajstić information content (AvgIpc) is 3.18. The Morgan fingerprint density at radius 2 is 1.61 bits per heavy atom. The summed E-state index contributed by atoms with van der Waals surface area (Å²) in [6, 6.07) is 5.95. The normalized spacial score (nSPS) is 16.0. The van der Waals surface area contributed by atoms with E-state index >= 15 is 0 Å². The minimum Gasteiger partial charge on any atom is -0.545 e. The van der Waals surface area contributed by atoms with Crippen molar-refractivity contribution in [3.05, 3.63) is 75.9 Å². The highest BCUT2D eigenvalue weighted by atomic mass is 19.4. The number of alkyl halides is 6. The Bertz CT molecular complexity index is 1200. The van der Waals surface area contributed by atoms with Crippen molar-refractivity contribution in [1.29, 1.82) is 0 Å². The molecular weight excluding hydrogens is 516 g/mol. The lowest BCUT2D eigenvalue weighted by Crippen LogP contribution is -2.40. The lowest BCUT2D eigenvalue weighted by molar-refractivity contribution is -0.297. The Balaban J connectivity index is 1.94. The number of hydrogen-bond donors (Lipinski definition) is 0. The number of carboxylic acids is 1. The maximum absolute atomic E-state index is 13.3. The summed E-state index contributed by atoms with van der Waals surface area (Å²) >= 11 is 0. The minimum absolute atomic E-state index is 0.0643. The van der Waals surface area contributed by atoms with Crippen LogP contribution < -0.4 is 5.11 Å². The molecule has 38 heavy (non-hydrogen) atoms. The fraction of sp³-hybridized carbons (Fsp3) is 0.407. The summed E-state index contributed by atoms with van der Waals surface area (Å²) < 4.78 is 85.3. The highest BCUT2D eigenvalue weighted by molar-refractivity contribution is 5.83. The smallest absolute Gasteiger partial charge is 0.416 e. The van der Waals surface area contributed by atoms with Crippen molar-refractivity contribution >= 4 is 18.1 Å². The van der Waals surface area contributed by atoms with Gasteiger partial charge in [-0.05, 0) is 86.6 Å². The standard InChI is InChI=1S/C27H27F6NO4/c1-25(2,3)38-24(37)34(22-8-6-18-12-16(4-7-21(18)22)5-9-23(35)36)11-10-17-13-19(26(28,29)30)15-20(14-17)27(31,32)33/h4-5,7,9,12-15,22H,6,8,10-11H2,1-3H3,(H,35,36)/p-1/b9-5+. The van der Waals surface area contributed by atoms with Gasteiger partial charge in [0, 0.05) is 6.54 Å². The van der Waals surface area contributed by atoms with Crippen molar-refractivity contribution in [2.45, 2.75) is 64.0 Å². The Hall–Kier alpha value is -3.50. The van der Waals surface area contributed by atoms with E-state index < -0.39 is 47.2 Å². The second-order valence-corrected chi connectivity index (χ2v) is 10.0. The van der Waals surface area contributed by atoms with Crippen LogP contribution in [0.25, 0.3) is 6.08 Å². The van der Waals surface area contributed by atoms with E-state index in [4.69, 9.17) is 4.74 Å². The minimum atomic E-state index is -4.98. The fourth-order valence-electron chi connectivity index (χ4n) is 4.31. The molecule has 5 nitrogen and oxygen atoms in total. The van der Waals surface area contributed by atoms with Crippen LogP contribution in [-0.4, -0.2) is 29.1 Å². The number of nitrogens with zero attached hydrogens (tertiary/aromatic N) is 1. The Kier molecular flexibility index (Phi) is 8.18. The molecule has 206 valence electrons. The van der Waals surface area contributed by atoms with E-state index in [1.54, 1.807) is 39.0 Å². The molecule has 2 aromatic rings. The van der Waals surface area contributed by atoms with Crippen LogP contribution in [0.5, 0.6) is 0 Å². The Morgan fingerprint density at radius 1 is 1.00 bits per heavy atom. The molecule has 0 radical (unpaired) electrons. The molecule has 1 amide bonds. The molecule has 1 aliphatic carbocycles. The van der Waals surface area contributed by atoms with Gasteiger partial charge < -0.3 is 19.5 Å². The van der Waals surface area contributed by atoms with Gasteiger partial charge in [-0.15, -0.1) is 0 Å². The van der Waals surface area contributed by atoms with Crippen molar-refractivity contribution in [3.63, 3.8) is 0 Å². The zero-order valence-corrected chi connectivity index (χ0v) is 20.9. The summed E-state index contributed by atoms with van der Waals surface area (Å²) in [5.41, 5.74) is -1.79. The number of rotatable bonds is 6. The Labute approximate surface area is 215 Å². The highest BCUT2D eigenvalue weighted by Crippen LogP contribution is 2.39. The first-order valence-electron chi connectivity index (χ1n) is 11.7. The van der Waals surface area contributed by atoms with E-state index in [2.05, 4.69) is 0 Å². The summed E-state index contributed by atoms with van der Waals surface area (Å²) in [5, 5.41) is 10.7. The summed E-state index contributed by atoms with van der Waals surface area (Å²) in [6.07, 6.45) is -7.77. The number of fused-ring (bicyclic) bond motifs is 1. The van der Waals surface area contributed by atoms with Gasteiger partial charge in [0.05, 0.1) is 23.1 Å². The molecule has 0 saturated heterocycles. The van der Waals surface area contributed by atoms with Crippen molar-refractivity contribution in [2.75, 3.05) is 6.54 Å². The molecule has 0 aromatic heterocycles. The van der Waals surface area contributed by atoms with E-state index in [1.807, 2.05) is 0 Å². The summed E-state index contributed by atoms with van der Waals surface area (Å²) in [4.78, 5) is 25.2. The van der Waals surface area contributed by atoms with Gasteiger partial charge in [0.2, 0.25) is 0 Å². The second kappa shape index (κ2) is 10.7. The van der Waals surface area contributed by atoms with Gasteiger partial charge in [0.1, 0.15) is 5.60 Å². The number of aryl methyl sites for hydroxylation is 1. The van der Waals surface area contributed by atoms with E-state index in [9.17, 15) is 41.0 Å². The highest BCUT2D eigenvalue weighted by Gasteiger charge is 2.38. The van der Waals surface area contributed by atoms with Crippen molar-refractivity contribution < 1.29 is 45.8 Å². The number of ether oxygens (including phenoxy) is 1. The van der Waals surface area contributed by atoms with E-state index in [-0.39, 0.29) is 24.6 Å². The van der Waals surface area contributed by atoms with Crippen LogP contribution >= 0.6 is 0 Å². The van der Waals surface area contributed by atoms with Gasteiger partial charge in [-0.2, -0.15) is 26.3 Å². The van der Waals surface area contributed by atoms with Crippen molar-refractivity contribution in [1.82, 2.24) is 4.90 Å². The maximum Gasteiger partial charge on any atom is 0.416 e. The summed E-state index contributed by atoms with van der Waals surface area (Å²) in [7, 11) is 0. The predicted octanol–water partition coefficient (Wildman–Crippen LogP) is 5.95. The SMILES string of the molecule is CC(C)(C)OC(=O)N(CCc1cc(C(F)(F)F)cc(C(F)(F)F)c1)C1CCc2cc(/C=C/C(=O)[O-])ccc21. The van der Waals surface area contributed by atoms with Crippen LogP contribution in [0.15, 0.2) is 42.5 Å². The topological polar surface area (TPSA) is 69.7 Å². The number of aliphatic carboxylic acids is 1. The molecule has 11 heteroatoms. The van der Waals surface area contributed by atoms with Gasteiger partial charge in [-0.25, -0.2) is 4.79 Å². The molecule has 1 aliphatic rings. The third-order valence-corrected chi connectivity index (χ3v) is 5.92. The third kappa shape index (κ3) is 7.52. The number of amides is 1. The van der Waals surface area contributed by atoms with E-state index in [1.165, 1.54) is 11.0 Å². The molecule has 3 rings (SSSR count). The lowest BCUT2D eigenvalue weighted by Gasteiger charge is -2.32. The van der Waals surface area contributed by atoms with Gasteiger partial charge in [0.25, 0.3) is 0 Å². The molecule has 0 heterocycles. The summed E-state index contributed by atoms with van der Waals surface area (Å²) in [5.74, 6) is -1.36. The van der Waals surface area contributed by atoms with Gasteiger partial charge in [0.15, 0.2) is 0 Å². The van der Waals surface area contributed by atoms with Crippen LogP contribution in [-0.2, 0) is 34.7 Å². The first-order chi connectivity index (χ1) is 17.4. The van der Waals surface area contributed by atoms with Crippen LogP contribution in [0.3, 0.4) is 0 Å². The number of hydrogen-bond acceptors (Lipinski definition) is 4. The second-order valence-electron chi connectivity index (χ2n) is 10.0. The van der Waals surface area contributed by atoms with Crippen LogP contribution in [0.2, 0.25) is 0 Å². The Morgan fingerprint density at radius 3 is 2.13 bits per heavy atom. The lowest BCUT2D eigenvalue weighted by atomic mass is 10.0. The molecule has 0 fully saturated rings. The quantitative estimate of drug-likeness (QED) is 0.334. The predicted molar refractivity (Wildman–Crippen MR) is 125 cm³/mol. The molecular formula is C27H26F6NO4-. The average molecular weight is 542 g/mol. The van der Waals surface area contributed by atoms with Gasteiger partial charge in [-0.1, -0.05) is 24.3 Å². The largest absolute Gasteiger partial charge is 0.545 e. The molecule has 1 atom stereocenters. The third-order valence-electron chi connectivity index (χ3n) is 5.92. The zero-order valence-electron chi connectivity index (χ0n) is 20.9. The van der Waals surface area contributed by atoms with Gasteiger partial charge >= 0.3 is 18.4 Å². The molecule has 1 unspecified atom stereocenters. The van der Waals surface area contributed by atoms with Gasteiger partial charge in [-0.3, -0.25) is 0 Å². The monoisotopic (exact) mass is 542 g/mol. The van der Waals surface area contributed by atoms with E-state index in [0.29, 0.717) is 30.5 Å². The number of carboxylic acid groups (broad SMARTS) is 1.